The minimum absolute atomic E-state index is 0.0374. The van der Waals surface area contributed by atoms with E-state index in [0.29, 0.717) is 0 Å². The molecule has 1 aromatic rings. The van der Waals surface area contributed by atoms with Gasteiger partial charge < -0.3 is 0 Å². The summed E-state index contributed by atoms with van der Waals surface area (Å²) in [7, 11) is 0. The predicted octanol–water partition coefficient (Wildman–Crippen LogP) is 2.56. The second-order valence-electron chi connectivity index (χ2n) is 4.36. The highest BCUT2D eigenvalue weighted by Crippen LogP contribution is 2.24. The van der Waals surface area contributed by atoms with Crippen LogP contribution in [0.1, 0.15) is 31.2 Å². The lowest BCUT2D eigenvalue weighted by Gasteiger charge is -2.10. The molecule has 1 N–H and O–H groups in total. The van der Waals surface area contributed by atoms with E-state index < -0.39 is 0 Å². The van der Waals surface area contributed by atoms with Crippen molar-refractivity contribution >= 4 is 5.91 Å². The van der Waals surface area contributed by atoms with E-state index in [9.17, 15) is 9.18 Å². The molecule has 1 saturated carbocycles. The van der Waals surface area contributed by atoms with Crippen molar-refractivity contribution in [3.63, 3.8) is 0 Å². The first-order valence-corrected chi connectivity index (χ1v) is 5.92. The van der Waals surface area contributed by atoms with Crippen LogP contribution in [0.25, 0.3) is 0 Å². The number of rotatable bonds is 4. The van der Waals surface area contributed by atoms with E-state index in [4.69, 9.17) is 4.84 Å². The van der Waals surface area contributed by atoms with Crippen molar-refractivity contribution in [1.82, 2.24) is 5.48 Å². The third-order valence-corrected chi connectivity index (χ3v) is 3.05. The molecule has 3 nitrogen and oxygen atoms in total. The summed E-state index contributed by atoms with van der Waals surface area (Å²) < 4.78 is 12.6. The zero-order valence-electron chi connectivity index (χ0n) is 9.62. The third-order valence-electron chi connectivity index (χ3n) is 3.05. The van der Waals surface area contributed by atoms with Crippen molar-refractivity contribution in [1.29, 1.82) is 0 Å². The molecule has 1 fully saturated rings. The van der Waals surface area contributed by atoms with Crippen LogP contribution in [-0.4, -0.2) is 5.91 Å². The SMILES string of the molecule is O=C(NOCc1ccc(F)cc1)C1CCCC1. The molecule has 1 aliphatic carbocycles. The molecule has 1 aromatic carbocycles. The minimum atomic E-state index is -0.274. The predicted molar refractivity (Wildman–Crippen MR) is 61.3 cm³/mol. The molecule has 0 saturated heterocycles. The van der Waals surface area contributed by atoms with Crippen molar-refractivity contribution in [3.8, 4) is 0 Å². The van der Waals surface area contributed by atoms with Gasteiger partial charge in [-0.15, -0.1) is 0 Å². The van der Waals surface area contributed by atoms with Crippen LogP contribution in [0.3, 0.4) is 0 Å². The van der Waals surface area contributed by atoms with Gasteiger partial charge in [0.05, 0.1) is 6.61 Å². The molecule has 0 spiro atoms. The standard InChI is InChI=1S/C13H16FNO2/c14-12-7-5-10(6-8-12)9-17-15-13(16)11-3-1-2-4-11/h5-8,11H,1-4,9H2,(H,15,16). The fourth-order valence-electron chi connectivity index (χ4n) is 2.04. The maximum atomic E-state index is 12.6. The number of hydrogen-bond acceptors (Lipinski definition) is 2. The second kappa shape index (κ2) is 5.77. The minimum Gasteiger partial charge on any atom is -0.273 e. The Balaban J connectivity index is 1.72. The Morgan fingerprint density at radius 2 is 1.94 bits per heavy atom. The summed E-state index contributed by atoms with van der Waals surface area (Å²) in [5.74, 6) is -0.212. The van der Waals surface area contributed by atoms with Gasteiger partial charge in [-0.1, -0.05) is 25.0 Å². The van der Waals surface area contributed by atoms with Gasteiger partial charge in [0.2, 0.25) is 5.91 Å². The first-order chi connectivity index (χ1) is 8.25. The van der Waals surface area contributed by atoms with E-state index in [1.165, 1.54) is 12.1 Å². The topological polar surface area (TPSA) is 38.3 Å². The fraction of sp³-hybridized carbons (Fsp3) is 0.462. The molecule has 1 aliphatic rings. The molecule has 0 heterocycles. The zero-order chi connectivity index (χ0) is 12.1. The monoisotopic (exact) mass is 237 g/mol. The molecule has 4 heteroatoms. The lowest BCUT2D eigenvalue weighted by molar-refractivity contribution is -0.138. The van der Waals surface area contributed by atoms with E-state index in [0.717, 1.165) is 31.2 Å². The average molecular weight is 237 g/mol. The number of amides is 1. The summed E-state index contributed by atoms with van der Waals surface area (Å²) >= 11 is 0. The number of benzene rings is 1. The van der Waals surface area contributed by atoms with E-state index in [-0.39, 0.29) is 24.2 Å². The van der Waals surface area contributed by atoms with Gasteiger partial charge in [-0.3, -0.25) is 9.63 Å². The van der Waals surface area contributed by atoms with Crippen LogP contribution >= 0.6 is 0 Å². The molecule has 17 heavy (non-hydrogen) atoms. The number of hydroxylamine groups is 1. The maximum Gasteiger partial charge on any atom is 0.246 e. The van der Waals surface area contributed by atoms with E-state index in [1.807, 2.05) is 0 Å². The largest absolute Gasteiger partial charge is 0.273 e. The molecule has 0 aromatic heterocycles. The van der Waals surface area contributed by atoms with Gasteiger partial charge in [-0.05, 0) is 30.5 Å². The molecule has 92 valence electrons. The normalized spacial score (nSPS) is 16.1. The number of hydrogen-bond donors (Lipinski definition) is 1. The summed E-state index contributed by atoms with van der Waals surface area (Å²) in [5.41, 5.74) is 3.29. The second-order valence-corrected chi connectivity index (χ2v) is 4.36. The molecule has 1 amide bonds. The molecule has 0 aliphatic heterocycles. The Hall–Kier alpha value is -1.42. The highest BCUT2D eigenvalue weighted by molar-refractivity contribution is 5.77. The summed E-state index contributed by atoms with van der Waals surface area (Å²) in [6.45, 7) is 0.263. The van der Waals surface area contributed by atoms with Gasteiger partial charge in [0, 0.05) is 5.92 Å². The van der Waals surface area contributed by atoms with Crippen LogP contribution in [0.4, 0.5) is 4.39 Å². The Kier molecular flexibility index (Phi) is 4.09. The van der Waals surface area contributed by atoms with Crippen LogP contribution in [0.2, 0.25) is 0 Å². The molecule has 0 bridgehead atoms. The van der Waals surface area contributed by atoms with Crippen LogP contribution in [0.5, 0.6) is 0 Å². The molecule has 0 radical (unpaired) electrons. The highest BCUT2D eigenvalue weighted by atomic mass is 19.1. The van der Waals surface area contributed by atoms with Crippen LogP contribution in [-0.2, 0) is 16.2 Å². The summed E-state index contributed by atoms with van der Waals surface area (Å²) in [6, 6.07) is 6.02. The van der Waals surface area contributed by atoms with Gasteiger partial charge in [-0.25, -0.2) is 9.87 Å². The van der Waals surface area contributed by atoms with E-state index in [2.05, 4.69) is 5.48 Å². The first kappa shape index (κ1) is 12.0. The quantitative estimate of drug-likeness (QED) is 0.817. The Labute approximate surface area is 99.9 Å². The lowest BCUT2D eigenvalue weighted by Crippen LogP contribution is -2.29. The average Bonchev–Trinajstić information content (AvgIpc) is 2.85. The smallest absolute Gasteiger partial charge is 0.246 e. The summed E-state index contributed by atoms with van der Waals surface area (Å²) in [5, 5.41) is 0. The van der Waals surface area contributed by atoms with E-state index >= 15 is 0 Å². The van der Waals surface area contributed by atoms with Crippen molar-refractivity contribution in [2.24, 2.45) is 5.92 Å². The fourth-order valence-corrected chi connectivity index (χ4v) is 2.04. The Bertz CT molecular complexity index is 372. The Morgan fingerprint density at radius 1 is 1.29 bits per heavy atom. The summed E-state index contributed by atoms with van der Waals surface area (Å²) in [4.78, 5) is 16.7. The zero-order valence-corrected chi connectivity index (χ0v) is 9.62. The van der Waals surface area contributed by atoms with Crippen molar-refractivity contribution in [3.05, 3.63) is 35.6 Å². The van der Waals surface area contributed by atoms with Crippen molar-refractivity contribution in [2.75, 3.05) is 0 Å². The third kappa shape index (κ3) is 3.53. The van der Waals surface area contributed by atoms with Gasteiger partial charge in [0.1, 0.15) is 5.82 Å². The van der Waals surface area contributed by atoms with Gasteiger partial charge >= 0.3 is 0 Å². The molecular formula is C13H16FNO2. The molecular weight excluding hydrogens is 221 g/mol. The van der Waals surface area contributed by atoms with Crippen LogP contribution < -0.4 is 5.48 Å². The van der Waals surface area contributed by atoms with Crippen molar-refractivity contribution < 1.29 is 14.0 Å². The molecule has 0 unspecified atom stereocenters. The number of halogens is 1. The lowest BCUT2D eigenvalue weighted by atomic mass is 10.1. The number of carbonyl (C=O) groups excluding carboxylic acids is 1. The van der Waals surface area contributed by atoms with Crippen LogP contribution in [0, 0.1) is 11.7 Å². The summed E-state index contributed by atoms with van der Waals surface area (Å²) in [6.07, 6.45) is 4.14. The van der Waals surface area contributed by atoms with Gasteiger partial charge in [-0.2, -0.15) is 0 Å². The first-order valence-electron chi connectivity index (χ1n) is 5.92. The number of nitrogens with one attached hydrogen (secondary N) is 1. The number of carbonyl (C=O) groups is 1. The van der Waals surface area contributed by atoms with Crippen LogP contribution in [0.15, 0.2) is 24.3 Å². The highest BCUT2D eigenvalue weighted by Gasteiger charge is 2.22. The van der Waals surface area contributed by atoms with Gasteiger partial charge in [0.15, 0.2) is 0 Å². The van der Waals surface area contributed by atoms with E-state index in [1.54, 1.807) is 12.1 Å². The van der Waals surface area contributed by atoms with Crippen molar-refractivity contribution in [2.45, 2.75) is 32.3 Å². The Morgan fingerprint density at radius 3 is 2.59 bits per heavy atom. The molecule has 0 atom stereocenters. The molecule has 2 rings (SSSR count). The maximum absolute atomic E-state index is 12.6. The van der Waals surface area contributed by atoms with Gasteiger partial charge in [0.25, 0.3) is 0 Å².